The highest BCUT2D eigenvalue weighted by Crippen LogP contribution is 2.25. The van der Waals surface area contributed by atoms with E-state index in [1.807, 2.05) is 25.7 Å². The molecule has 0 unspecified atom stereocenters. The van der Waals surface area contributed by atoms with Gasteiger partial charge in [-0.3, -0.25) is 4.90 Å². The average molecular weight is 397 g/mol. The van der Waals surface area contributed by atoms with E-state index < -0.39 is 5.60 Å². The summed E-state index contributed by atoms with van der Waals surface area (Å²) in [5.74, 6) is 0.501. The standard InChI is InChI=1S/C19H29BrN2O2/c1-14(2)17-12-16(20)7-6-15(17)13-21-8-10-22(11-9-21)18(23)24-19(3,4)5/h6-7,12,14H,8-11,13H2,1-5H3. The van der Waals surface area contributed by atoms with Crippen LogP contribution in [0.5, 0.6) is 0 Å². The highest BCUT2D eigenvalue weighted by molar-refractivity contribution is 9.10. The van der Waals surface area contributed by atoms with Crippen molar-refractivity contribution < 1.29 is 9.53 Å². The van der Waals surface area contributed by atoms with Crippen molar-refractivity contribution in [2.24, 2.45) is 0 Å². The Kier molecular flexibility index (Phi) is 6.32. The minimum Gasteiger partial charge on any atom is -0.444 e. The van der Waals surface area contributed by atoms with Crippen LogP contribution >= 0.6 is 15.9 Å². The number of halogens is 1. The van der Waals surface area contributed by atoms with Gasteiger partial charge >= 0.3 is 6.09 Å². The van der Waals surface area contributed by atoms with E-state index in [2.05, 4.69) is 52.9 Å². The van der Waals surface area contributed by atoms with Crippen LogP contribution in [0.2, 0.25) is 0 Å². The van der Waals surface area contributed by atoms with Gasteiger partial charge in [-0.15, -0.1) is 0 Å². The second-order valence-electron chi connectivity index (χ2n) is 7.74. The number of carbonyl (C=O) groups is 1. The number of rotatable bonds is 3. The fraction of sp³-hybridized carbons (Fsp3) is 0.632. The number of hydrogen-bond donors (Lipinski definition) is 0. The number of hydrogen-bond acceptors (Lipinski definition) is 3. The van der Waals surface area contributed by atoms with E-state index in [0.717, 1.165) is 37.2 Å². The first kappa shape index (κ1) is 19.3. The van der Waals surface area contributed by atoms with Gasteiger partial charge in [-0.05, 0) is 49.9 Å². The number of piperazine rings is 1. The molecule has 1 amide bonds. The smallest absolute Gasteiger partial charge is 0.410 e. The fourth-order valence-corrected chi connectivity index (χ4v) is 3.28. The van der Waals surface area contributed by atoms with Crippen molar-refractivity contribution >= 4 is 22.0 Å². The van der Waals surface area contributed by atoms with Gasteiger partial charge in [-0.25, -0.2) is 4.79 Å². The topological polar surface area (TPSA) is 32.8 Å². The van der Waals surface area contributed by atoms with Crippen LogP contribution in [0.1, 0.15) is 51.7 Å². The first-order chi connectivity index (χ1) is 11.2. The molecule has 5 heteroatoms. The Balaban J connectivity index is 1.93. The summed E-state index contributed by atoms with van der Waals surface area (Å²) in [5.41, 5.74) is 2.33. The molecule has 134 valence electrons. The third kappa shape index (κ3) is 5.49. The SMILES string of the molecule is CC(C)c1cc(Br)ccc1CN1CCN(C(=O)OC(C)(C)C)CC1. The number of carbonyl (C=O) groups excluding carboxylic acids is 1. The lowest BCUT2D eigenvalue weighted by atomic mass is 9.97. The lowest BCUT2D eigenvalue weighted by Crippen LogP contribution is -2.49. The molecular weight excluding hydrogens is 368 g/mol. The second kappa shape index (κ2) is 7.87. The van der Waals surface area contributed by atoms with Gasteiger partial charge in [0.2, 0.25) is 0 Å². The van der Waals surface area contributed by atoms with Gasteiger partial charge in [0.15, 0.2) is 0 Å². The summed E-state index contributed by atoms with van der Waals surface area (Å²) in [7, 11) is 0. The van der Waals surface area contributed by atoms with Gasteiger partial charge < -0.3 is 9.64 Å². The second-order valence-corrected chi connectivity index (χ2v) is 8.66. The molecule has 24 heavy (non-hydrogen) atoms. The summed E-state index contributed by atoms with van der Waals surface area (Å²) in [6.07, 6.45) is -0.200. The Hall–Kier alpha value is -1.07. The molecule has 1 aliphatic heterocycles. The lowest BCUT2D eigenvalue weighted by Gasteiger charge is -2.36. The largest absolute Gasteiger partial charge is 0.444 e. The van der Waals surface area contributed by atoms with E-state index in [9.17, 15) is 4.79 Å². The predicted octanol–water partition coefficient (Wildman–Crippen LogP) is 4.63. The summed E-state index contributed by atoms with van der Waals surface area (Å²) in [6, 6.07) is 6.54. The van der Waals surface area contributed by atoms with Gasteiger partial charge in [-0.2, -0.15) is 0 Å². The monoisotopic (exact) mass is 396 g/mol. The van der Waals surface area contributed by atoms with Crippen LogP contribution in [0.4, 0.5) is 4.79 Å². The van der Waals surface area contributed by atoms with Gasteiger partial charge in [0.1, 0.15) is 5.60 Å². The highest BCUT2D eigenvalue weighted by Gasteiger charge is 2.26. The molecule has 0 aliphatic carbocycles. The van der Waals surface area contributed by atoms with Crippen molar-refractivity contribution in [2.75, 3.05) is 26.2 Å². The van der Waals surface area contributed by atoms with Crippen molar-refractivity contribution in [3.05, 3.63) is 33.8 Å². The predicted molar refractivity (Wildman–Crippen MR) is 101 cm³/mol. The third-order valence-electron chi connectivity index (χ3n) is 4.15. The molecular formula is C19H29BrN2O2. The van der Waals surface area contributed by atoms with E-state index in [1.165, 1.54) is 11.1 Å². The molecule has 0 radical (unpaired) electrons. The maximum absolute atomic E-state index is 12.1. The Morgan fingerprint density at radius 1 is 1.21 bits per heavy atom. The van der Waals surface area contributed by atoms with Crippen molar-refractivity contribution in [1.29, 1.82) is 0 Å². The molecule has 1 heterocycles. The number of nitrogens with zero attached hydrogens (tertiary/aromatic N) is 2. The van der Waals surface area contributed by atoms with Crippen LogP contribution in [-0.4, -0.2) is 47.7 Å². The van der Waals surface area contributed by atoms with Crippen LogP contribution in [0.3, 0.4) is 0 Å². The minimum atomic E-state index is -0.433. The summed E-state index contributed by atoms with van der Waals surface area (Å²) in [4.78, 5) is 16.4. The number of amides is 1. The van der Waals surface area contributed by atoms with Crippen LogP contribution in [-0.2, 0) is 11.3 Å². The lowest BCUT2D eigenvalue weighted by molar-refractivity contribution is 0.0139. The zero-order valence-electron chi connectivity index (χ0n) is 15.4. The molecule has 4 nitrogen and oxygen atoms in total. The maximum atomic E-state index is 12.1. The summed E-state index contributed by atoms with van der Waals surface area (Å²) in [6.45, 7) is 14.3. The van der Waals surface area contributed by atoms with Gasteiger partial charge in [0.05, 0.1) is 0 Å². The molecule has 1 aliphatic rings. The first-order valence-corrected chi connectivity index (χ1v) is 9.43. The molecule has 0 atom stereocenters. The summed E-state index contributed by atoms with van der Waals surface area (Å²) in [5, 5.41) is 0. The van der Waals surface area contributed by atoms with Crippen molar-refractivity contribution in [2.45, 2.75) is 52.7 Å². The minimum absolute atomic E-state index is 0.200. The van der Waals surface area contributed by atoms with Gasteiger partial charge in [0, 0.05) is 37.2 Å². The average Bonchev–Trinajstić information content (AvgIpc) is 2.48. The molecule has 1 aromatic rings. The fourth-order valence-electron chi connectivity index (χ4n) is 2.90. The summed E-state index contributed by atoms with van der Waals surface area (Å²) >= 11 is 3.57. The van der Waals surface area contributed by atoms with E-state index in [1.54, 1.807) is 0 Å². The summed E-state index contributed by atoms with van der Waals surface area (Å²) < 4.78 is 6.59. The normalized spacial score (nSPS) is 16.5. The molecule has 0 bridgehead atoms. The van der Waals surface area contributed by atoms with Crippen LogP contribution < -0.4 is 0 Å². The Morgan fingerprint density at radius 3 is 2.38 bits per heavy atom. The number of ether oxygens (including phenoxy) is 1. The zero-order chi connectivity index (χ0) is 17.9. The molecule has 0 N–H and O–H groups in total. The third-order valence-corrected chi connectivity index (χ3v) is 4.64. The molecule has 1 aromatic carbocycles. The van der Waals surface area contributed by atoms with E-state index in [4.69, 9.17) is 4.74 Å². The molecule has 0 saturated carbocycles. The van der Waals surface area contributed by atoms with Gasteiger partial charge in [0.25, 0.3) is 0 Å². The van der Waals surface area contributed by atoms with E-state index >= 15 is 0 Å². The zero-order valence-corrected chi connectivity index (χ0v) is 17.0. The first-order valence-electron chi connectivity index (χ1n) is 8.64. The Bertz CT molecular complexity index is 573. The molecule has 1 saturated heterocycles. The van der Waals surface area contributed by atoms with Crippen molar-refractivity contribution in [3.8, 4) is 0 Å². The van der Waals surface area contributed by atoms with Crippen molar-refractivity contribution in [3.63, 3.8) is 0 Å². The van der Waals surface area contributed by atoms with Crippen LogP contribution in [0.15, 0.2) is 22.7 Å². The Labute approximate surface area is 154 Å². The maximum Gasteiger partial charge on any atom is 0.410 e. The number of benzene rings is 1. The van der Waals surface area contributed by atoms with Crippen molar-refractivity contribution in [1.82, 2.24) is 9.80 Å². The Morgan fingerprint density at radius 2 is 1.83 bits per heavy atom. The van der Waals surface area contributed by atoms with Crippen LogP contribution in [0.25, 0.3) is 0 Å². The molecule has 2 rings (SSSR count). The molecule has 0 spiro atoms. The van der Waals surface area contributed by atoms with Gasteiger partial charge in [-0.1, -0.05) is 35.8 Å². The van der Waals surface area contributed by atoms with E-state index in [0.29, 0.717) is 5.92 Å². The van der Waals surface area contributed by atoms with Crippen LogP contribution in [0, 0.1) is 0 Å². The highest BCUT2D eigenvalue weighted by atomic mass is 79.9. The molecule has 1 fully saturated rings. The molecule has 0 aromatic heterocycles. The van der Waals surface area contributed by atoms with E-state index in [-0.39, 0.29) is 6.09 Å². The quantitative estimate of drug-likeness (QED) is 0.746.